The third-order valence-corrected chi connectivity index (χ3v) is 1.81. The molecule has 0 aromatic carbocycles. The lowest BCUT2D eigenvalue weighted by molar-refractivity contribution is -0.149. The van der Waals surface area contributed by atoms with Crippen molar-refractivity contribution < 1.29 is 9.59 Å². The molecule has 0 fully saturated rings. The highest BCUT2D eigenvalue weighted by Crippen LogP contribution is 2.17. The predicted molar refractivity (Wildman–Crippen MR) is 52.1 cm³/mol. The fraction of sp³-hybridized carbons (Fsp3) is 0.800. The summed E-state index contributed by atoms with van der Waals surface area (Å²) >= 11 is 0. The van der Waals surface area contributed by atoms with E-state index in [0.29, 0.717) is 13.0 Å². The Kier molecular flexibility index (Phi) is 4.11. The van der Waals surface area contributed by atoms with Crippen molar-refractivity contribution >= 4 is 11.8 Å². The largest absolute Gasteiger partial charge is 0.282 e. The number of nitrogens with zero attached hydrogens (tertiary/aromatic N) is 1. The minimum absolute atomic E-state index is 0.0950. The zero-order valence-electron chi connectivity index (χ0n) is 9.18. The standard InChI is InChI=1S/C10H19NO2/c1-6-8(12)11(7-2)9(13)10(3,4)5/h6-7H2,1-5H3. The lowest BCUT2D eigenvalue weighted by atomic mass is 9.94. The molecule has 0 N–H and O–H groups in total. The van der Waals surface area contributed by atoms with Crippen LogP contribution in [0.2, 0.25) is 0 Å². The molecule has 0 aliphatic carbocycles. The summed E-state index contributed by atoms with van der Waals surface area (Å²) in [7, 11) is 0. The monoisotopic (exact) mass is 185 g/mol. The maximum absolute atomic E-state index is 11.7. The highest BCUT2D eigenvalue weighted by atomic mass is 16.2. The van der Waals surface area contributed by atoms with Crippen LogP contribution in [0.4, 0.5) is 0 Å². The molecule has 0 aromatic heterocycles. The Morgan fingerprint density at radius 2 is 1.62 bits per heavy atom. The maximum Gasteiger partial charge on any atom is 0.234 e. The predicted octanol–water partition coefficient (Wildman–Crippen LogP) is 1.82. The summed E-state index contributed by atoms with van der Waals surface area (Å²) in [6.45, 7) is 9.50. The van der Waals surface area contributed by atoms with Crippen molar-refractivity contribution in [3.05, 3.63) is 0 Å². The van der Waals surface area contributed by atoms with Crippen LogP contribution in [0.5, 0.6) is 0 Å². The molecule has 0 atom stereocenters. The summed E-state index contributed by atoms with van der Waals surface area (Å²) in [5.74, 6) is -0.190. The van der Waals surface area contributed by atoms with E-state index in [1.165, 1.54) is 4.90 Å². The number of carbonyl (C=O) groups excluding carboxylic acids is 2. The average molecular weight is 185 g/mol. The van der Waals surface area contributed by atoms with Crippen LogP contribution in [0.15, 0.2) is 0 Å². The molecule has 2 amide bonds. The van der Waals surface area contributed by atoms with Gasteiger partial charge in [-0.1, -0.05) is 27.7 Å². The van der Waals surface area contributed by atoms with Gasteiger partial charge in [-0.15, -0.1) is 0 Å². The van der Waals surface area contributed by atoms with Gasteiger partial charge in [0.15, 0.2) is 0 Å². The van der Waals surface area contributed by atoms with Crippen molar-refractivity contribution in [3.63, 3.8) is 0 Å². The van der Waals surface area contributed by atoms with Gasteiger partial charge in [-0.3, -0.25) is 14.5 Å². The first-order chi connectivity index (χ1) is 5.84. The summed E-state index contributed by atoms with van der Waals surface area (Å²) in [4.78, 5) is 24.4. The van der Waals surface area contributed by atoms with Gasteiger partial charge < -0.3 is 0 Å². The molecule has 0 aliphatic rings. The van der Waals surface area contributed by atoms with Crippen LogP contribution in [0.25, 0.3) is 0 Å². The average Bonchev–Trinajstić information content (AvgIpc) is 2.03. The molecule has 0 bridgehead atoms. The van der Waals surface area contributed by atoms with Gasteiger partial charge in [-0.05, 0) is 6.92 Å². The number of rotatable bonds is 2. The van der Waals surface area contributed by atoms with Crippen molar-refractivity contribution in [2.24, 2.45) is 5.41 Å². The van der Waals surface area contributed by atoms with Crippen LogP contribution in [0.3, 0.4) is 0 Å². The van der Waals surface area contributed by atoms with E-state index in [2.05, 4.69) is 0 Å². The normalized spacial score (nSPS) is 11.2. The van der Waals surface area contributed by atoms with Crippen molar-refractivity contribution in [2.45, 2.75) is 41.0 Å². The van der Waals surface area contributed by atoms with Gasteiger partial charge in [0.2, 0.25) is 11.8 Å². The summed E-state index contributed by atoms with van der Waals surface area (Å²) in [6.07, 6.45) is 0.385. The number of imide groups is 1. The van der Waals surface area contributed by atoms with Gasteiger partial charge in [0, 0.05) is 18.4 Å². The molecular formula is C10H19NO2. The van der Waals surface area contributed by atoms with E-state index in [1.54, 1.807) is 6.92 Å². The molecule has 0 aromatic rings. The van der Waals surface area contributed by atoms with E-state index in [0.717, 1.165) is 0 Å². The first-order valence-corrected chi connectivity index (χ1v) is 4.69. The van der Waals surface area contributed by atoms with Crippen LogP contribution >= 0.6 is 0 Å². The minimum atomic E-state index is -0.471. The highest BCUT2D eigenvalue weighted by Gasteiger charge is 2.29. The van der Waals surface area contributed by atoms with E-state index < -0.39 is 5.41 Å². The topological polar surface area (TPSA) is 37.4 Å². The summed E-state index contributed by atoms with van der Waals surface area (Å²) < 4.78 is 0. The Hall–Kier alpha value is -0.860. The van der Waals surface area contributed by atoms with Gasteiger partial charge in [0.05, 0.1) is 0 Å². The first-order valence-electron chi connectivity index (χ1n) is 4.69. The Bertz CT molecular complexity index is 203. The molecular weight excluding hydrogens is 166 g/mol. The molecule has 0 unspecified atom stereocenters. The van der Waals surface area contributed by atoms with Crippen molar-refractivity contribution in [2.75, 3.05) is 6.54 Å². The molecule has 0 aliphatic heterocycles. The lowest BCUT2D eigenvalue weighted by Gasteiger charge is -2.26. The Balaban J connectivity index is 4.60. The third kappa shape index (κ3) is 3.17. The Labute approximate surface area is 80.1 Å². The highest BCUT2D eigenvalue weighted by molar-refractivity contribution is 5.97. The van der Waals surface area contributed by atoms with E-state index in [-0.39, 0.29) is 11.8 Å². The van der Waals surface area contributed by atoms with Crippen LogP contribution in [0.1, 0.15) is 41.0 Å². The first kappa shape index (κ1) is 12.1. The summed E-state index contributed by atoms with van der Waals surface area (Å²) in [6, 6.07) is 0. The third-order valence-electron chi connectivity index (χ3n) is 1.81. The number of amides is 2. The van der Waals surface area contributed by atoms with Crippen molar-refractivity contribution in [3.8, 4) is 0 Å². The number of hydrogen-bond donors (Lipinski definition) is 0. The molecule has 0 heterocycles. The van der Waals surface area contributed by atoms with Crippen LogP contribution in [-0.2, 0) is 9.59 Å². The Morgan fingerprint density at radius 1 is 1.15 bits per heavy atom. The second-order valence-electron chi connectivity index (χ2n) is 4.05. The fourth-order valence-corrected chi connectivity index (χ4v) is 1.03. The molecule has 13 heavy (non-hydrogen) atoms. The number of carbonyl (C=O) groups is 2. The Morgan fingerprint density at radius 3 is 1.85 bits per heavy atom. The second kappa shape index (κ2) is 4.40. The fourth-order valence-electron chi connectivity index (χ4n) is 1.03. The molecule has 0 saturated heterocycles. The van der Waals surface area contributed by atoms with Gasteiger partial charge in [0.1, 0.15) is 0 Å². The van der Waals surface area contributed by atoms with E-state index >= 15 is 0 Å². The number of hydrogen-bond acceptors (Lipinski definition) is 2. The van der Waals surface area contributed by atoms with Gasteiger partial charge in [0.25, 0.3) is 0 Å². The second-order valence-corrected chi connectivity index (χ2v) is 4.05. The molecule has 0 saturated carbocycles. The zero-order valence-corrected chi connectivity index (χ0v) is 9.18. The van der Waals surface area contributed by atoms with Crippen LogP contribution in [0, 0.1) is 5.41 Å². The van der Waals surface area contributed by atoms with Crippen molar-refractivity contribution in [1.82, 2.24) is 4.90 Å². The zero-order chi connectivity index (χ0) is 10.6. The smallest absolute Gasteiger partial charge is 0.234 e. The van der Waals surface area contributed by atoms with Crippen molar-refractivity contribution in [1.29, 1.82) is 0 Å². The van der Waals surface area contributed by atoms with E-state index in [4.69, 9.17) is 0 Å². The van der Waals surface area contributed by atoms with Gasteiger partial charge in [-0.2, -0.15) is 0 Å². The molecule has 0 rings (SSSR count). The van der Waals surface area contributed by atoms with Gasteiger partial charge in [-0.25, -0.2) is 0 Å². The van der Waals surface area contributed by atoms with Gasteiger partial charge >= 0.3 is 0 Å². The molecule has 3 nitrogen and oxygen atoms in total. The summed E-state index contributed by atoms with van der Waals surface area (Å²) in [5.41, 5.74) is -0.471. The molecule has 0 spiro atoms. The minimum Gasteiger partial charge on any atom is -0.282 e. The van der Waals surface area contributed by atoms with E-state index in [9.17, 15) is 9.59 Å². The maximum atomic E-state index is 11.7. The van der Waals surface area contributed by atoms with Crippen LogP contribution in [-0.4, -0.2) is 23.3 Å². The van der Waals surface area contributed by atoms with E-state index in [1.807, 2.05) is 27.7 Å². The quantitative estimate of drug-likeness (QED) is 0.658. The van der Waals surface area contributed by atoms with Crippen LogP contribution < -0.4 is 0 Å². The molecule has 3 heteroatoms. The SMILES string of the molecule is CCC(=O)N(CC)C(=O)C(C)(C)C. The molecule has 76 valence electrons. The lowest BCUT2D eigenvalue weighted by Crippen LogP contribution is -2.42. The summed E-state index contributed by atoms with van der Waals surface area (Å²) in [5, 5.41) is 0. The molecule has 0 radical (unpaired) electrons.